The zero-order valence-corrected chi connectivity index (χ0v) is 13.9. The standard InChI is InChI=1S/C18H31N3/c1-4-12-19-18(16-9-6-5-7-10-16)15-20(2)14-17-11-8-13-21(17)3/h5-7,9-10,17-19H,4,8,11-15H2,1-3H3. The van der Waals surface area contributed by atoms with Crippen molar-refractivity contribution in [1.29, 1.82) is 0 Å². The molecule has 0 saturated carbocycles. The molecule has 2 unspecified atom stereocenters. The molecule has 0 aliphatic carbocycles. The largest absolute Gasteiger partial charge is 0.309 e. The van der Waals surface area contributed by atoms with Gasteiger partial charge in [-0.15, -0.1) is 0 Å². The van der Waals surface area contributed by atoms with Gasteiger partial charge in [0, 0.05) is 25.2 Å². The molecule has 1 heterocycles. The first-order chi connectivity index (χ1) is 10.2. The normalized spacial score (nSPS) is 21.0. The van der Waals surface area contributed by atoms with Crippen molar-refractivity contribution >= 4 is 0 Å². The number of likely N-dealkylation sites (tertiary alicyclic amines) is 1. The molecule has 0 radical (unpaired) electrons. The van der Waals surface area contributed by atoms with Gasteiger partial charge in [-0.3, -0.25) is 0 Å². The van der Waals surface area contributed by atoms with Crippen molar-refractivity contribution in [3.8, 4) is 0 Å². The molecule has 2 rings (SSSR count). The minimum atomic E-state index is 0.433. The van der Waals surface area contributed by atoms with Crippen LogP contribution in [0.15, 0.2) is 30.3 Å². The Morgan fingerprint density at radius 2 is 2.10 bits per heavy atom. The first-order valence-corrected chi connectivity index (χ1v) is 8.37. The predicted molar refractivity (Wildman–Crippen MR) is 90.6 cm³/mol. The van der Waals surface area contributed by atoms with Gasteiger partial charge >= 0.3 is 0 Å². The third-order valence-corrected chi connectivity index (χ3v) is 4.53. The van der Waals surface area contributed by atoms with Crippen molar-refractivity contribution in [1.82, 2.24) is 15.1 Å². The van der Waals surface area contributed by atoms with Gasteiger partial charge in [0.05, 0.1) is 0 Å². The van der Waals surface area contributed by atoms with Gasteiger partial charge in [0.15, 0.2) is 0 Å². The molecule has 1 saturated heterocycles. The molecule has 0 amide bonds. The lowest BCUT2D eigenvalue weighted by Crippen LogP contribution is -2.40. The molecule has 1 fully saturated rings. The lowest BCUT2D eigenvalue weighted by atomic mass is 10.1. The van der Waals surface area contributed by atoms with Crippen LogP contribution in [0.25, 0.3) is 0 Å². The summed E-state index contributed by atoms with van der Waals surface area (Å²) < 4.78 is 0. The van der Waals surface area contributed by atoms with E-state index in [9.17, 15) is 0 Å². The highest BCUT2D eigenvalue weighted by Gasteiger charge is 2.23. The minimum Gasteiger partial charge on any atom is -0.309 e. The molecule has 1 aliphatic heterocycles. The molecule has 0 aromatic heterocycles. The van der Waals surface area contributed by atoms with E-state index in [1.165, 1.54) is 37.9 Å². The van der Waals surface area contributed by atoms with Crippen molar-refractivity contribution in [2.75, 3.05) is 40.3 Å². The fourth-order valence-corrected chi connectivity index (χ4v) is 3.25. The molecule has 1 aromatic rings. The Kier molecular flexibility index (Phi) is 6.68. The SMILES string of the molecule is CCCNC(CN(C)CC1CCCN1C)c1ccccc1. The van der Waals surface area contributed by atoms with Gasteiger partial charge in [0.2, 0.25) is 0 Å². The Hall–Kier alpha value is -0.900. The number of hydrogen-bond acceptors (Lipinski definition) is 3. The van der Waals surface area contributed by atoms with Crippen LogP contribution >= 0.6 is 0 Å². The highest BCUT2D eigenvalue weighted by Crippen LogP contribution is 2.18. The van der Waals surface area contributed by atoms with Gasteiger partial charge in [0.25, 0.3) is 0 Å². The van der Waals surface area contributed by atoms with Crippen LogP contribution in [0.1, 0.15) is 37.8 Å². The van der Waals surface area contributed by atoms with E-state index in [-0.39, 0.29) is 0 Å². The van der Waals surface area contributed by atoms with Crippen molar-refractivity contribution < 1.29 is 0 Å². The van der Waals surface area contributed by atoms with Crippen molar-refractivity contribution in [2.24, 2.45) is 0 Å². The van der Waals surface area contributed by atoms with Crippen molar-refractivity contribution in [3.63, 3.8) is 0 Å². The predicted octanol–water partition coefficient (Wildman–Crippen LogP) is 2.75. The quantitative estimate of drug-likeness (QED) is 0.794. The lowest BCUT2D eigenvalue weighted by Gasteiger charge is -2.29. The summed E-state index contributed by atoms with van der Waals surface area (Å²) in [5, 5.41) is 3.70. The molecular formula is C18H31N3. The molecule has 0 spiro atoms. The van der Waals surface area contributed by atoms with Crippen LogP contribution in [0.4, 0.5) is 0 Å². The van der Waals surface area contributed by atoms with E-state index >= 15 is 0 Å². The number of nitrogens with zero attached hydrogens (tertiary/aromatic N) is 2. The van der Waals surface area contributed by atoms with E-state index in [0.29, 0.717) is 6.04 Å². The summed E-state index contributed by atoms with van der Waals surface area (Å²) in [5.41, 5.74) is 1.40. The summed E-state index contributed by atoms with van der Waals surface area (Å²) >= 11 is 0. The lowest BCUT2D eigenvalue weighted by molar-refractivity contribution is 0.206. The number of benzene rings is 1. The van der Waals surface area contributed by atoms with Gasteiger partial charge in [0.1, 0.15) is 0 Å². The second kappa shape index (κ2) is 8.52. The first kappa shape index (κ1) is 16.5. The Balaban J connectivity index is 1.91. The fourth-order valence-electron chi connectivity index (χ4n) is 3.25. The smallest absolute Gasteiger partial charge is 0.0449 e. The third-order valence-electron chi connectivity index (χ3n) is 4.53. The molecule has 118 valence electrons. The number of hydrogen-bond donors (Lipinski definition) is 1. The highest BCUT2D eigenvalue weighted by atomic mass is 15.2. The summed E-state index contributed by atoms with van der Waals surface area (Å²) in [7, 11) is 4.52. The molecule has 21 heavy (non-hydrogen) atoms. The zero-order chi connectivity index (χ0) is 15.1. The molecule has 2 atom stereocenters. The van der Waals surface area contributed by atoms with E-state index in [2.05, 4.69) is 66.5 Å². The number of likely N-dealkylation sites (N-methyl/N-ethyl adjacent to an activating group) is 2. The maximum absolute atomic E-state index is 3.70. The fraction of sp³-hybridized carbons (Fsp3) is 0.667. The van der Waals surface area contributed by atoms with Crippen LogP contribution in [0, 0.1) is 0 Å². The maximum atomic E-state index is 3.70. The van der Waals surface area contributed by atoms with Gasteiger partial charge in [-0.05, 0) is 52.0 Å². The van der Waals surface area contributed by atoms with Crippen molar-refractivity contribution in [2.45, 2.75) is 38.3 Å². The second-order valence-electron chi connectivity index (χ2n) is 6.42. The Bertz CT molecular complexity index is 393. The van der Waals surface area contributed by atoms with E-state index in [0.717, 1.165) is 19.1 Å². The average Bonchev–Trinajstić information content (AvgIpc) is 2.89. The van der Waals surface area contributed by atoms with Gasteiger partial charge < -0.3 is 15.1 Å². The second-order valence-corrected chi connectivity index (χ2v) is 6.42. The molecule has 3 heteroatoms. The van der Waals surface area contributed by atoms with Crippen LogP contribution in [0.2, 0.25) is 0 Å². The first-order valence-electron chi connectivity index (χ1n) is 8.37. The minimum absolute atomic E-state index is 0.433. The molecule has 1 N–H and O–H groups in total. The molecular weight excluding hydrogens is 258 g/mol. The van der Waals surface area contributed by atoms with Crippen LogP contribution in [0.5, 0.6) is 0 Å². The van der Waals surface area contributed by atoms with Gasteiger partial charge in [-0.1, -0.05) is 37.3 Å². The van der Waals surface area contributed by atoms with E-state index in [1.54, 1.807) is 0 Å². The van der Waals surface area contributed by atoms with Crippen molar-refractivity contribution in [3.05, 3.63) is 35.9 Å². The van der Waals surface area contributed by atoms with Crippen LogP contribution in [-0.2, 0) is 0 Å². The number of nitrogens with one attached hydrogen (secondary N) is 1. The third kappa shape index (κ3) is 5.10. The monoisotopic (exact) mass is 289 g/mol. The average molecular weight is 289 g/mol. The molecule has 0 bridgehead atoms. The summed E-state index contributed by atoms with van der Waals surface area (Å²) in [4.78, 5) is 5.00. The summed E-state index contributed by atoms with van der Waals surface area (Å²) in [6, 6.07) is 12.0. The van der Waals surface area contributed by atoms with Crippen LogP contribution in [0.3, 0.4) is 0 Å². The van der Waals surface area contributed by atoms with E-state index in [1.807, 2.05) is 0 Å². The Labute approximate surface area is 130 Å². The van der Waals surface area contributed by atoms with Gasteiger partial charge in [-0.25, -0.2) is 0 Å². The van der Waals surface area contributed by atoms with Crippen LogP contribution in [-0.4, -0.2) is 56.1 Å². The highest BCUT2D eigenvalue weighted by molar-refractivity contribution is 5.19. The molecule has 3 nitrogen and oxygen atoms in total. The van der Waals surface area contributed by atoms with E-state index in [4.69, 9.17) is 0 Å². The van der Waals surface area contributed by atoms with Gasteiger partial charge in [-0.2, -0.15) is 0 Å². The molecule has 1 aliphatic rings. The topological polar surface area (TPSA) is 18.5 Å². The van der Waals surface area contributed by atoms with Crippen LogP contribution < -0.4 is 5.32 Å². The number of rotatable bonds is 8. The van der Waals surface area contributed by atoms with E-state index < -0.39 is 0 Å². The summed E-state index contributed by atoms with van der Waals surface area (Å²) in [6.07, 6.45) is 3.88. The molecule has 1 aromatic carbocycles. The zero-order valence-electron chi connectivity index (χ0n) is 13.9. The Morgan fingerprint density at radius 1 is 1.33 bits per heavy atom. The summed E-state index contributed by atoms with van der Waals surface area (Å²) in [5.74, 6) is 0. The Morgan fingerprint density at radius 3 is 2.71 bits per heavy atom. The maximum Gasteiger partial charge on any atom is 0.0449 e. The summed E-state index contributed by atoms with van der Waals surface area (Å²) in [6.45, 7) is 6.82.